The number of fused-ring (bicyclic) bond motifs is 1. The molecule has 148 valence electrons. The Hall–Kier alpha value is -2.78. The number of hydrogen-bond acceptors (Lipinski definition) is 8. The van der Waals surface area contributed by atoms with E-state index in [1.54, 1.807) is 11.3 Å². The van der Waals surface area contributed by atoms with Crippen molar-refractivity contribution in [2.45, 2.75) is 31.7 Å². The molecule has 4 rings (SSSR count). The number of anilines is 1. The minimum absolute atomic E-state index is 0.109. The Morgan fingerprint density at radius 1 is 1.21 bits per heavy atom. The molecule has 0 spiro atoms. The molecule has 1 amide bonds. The maximum atomic E-state index is 12.3. The first kappa shape index (κ1) is 19.5. The monoisotopic (exact) mass is 425 g/mol. The molecule has 0 saturated carbocycles. The lowest BCUT2D eigenvalue weighted by molar-refractivity contribution is -0.113. The quantitative estimate of drug-likeness (QED) is 0.347. The molecule has 9 heteroatoms. The maximum absolute atomic E-state index is 12.3. The summed E-state index contributed by atoms with van der Waals surface area (Å²) in [6, 6.07) is 12.4. The fourth-order valence-electron chi connectivity index (χ4n) is 2.66. The number of carbonyl (C=O) groups excluding carboxylic acids is 1. The first-order chi connectivity index (χ1) is 14.0. The minimum Gasteiger partial charge on any atom is -0.408 e. The van der Waals surface area contributed by atoms with E-state index in [0.29, 0.717) is 11.7 Å². The summed E-state index contributed by atoms with van der Waals surface area (Å²) in [4.78, 5) is 23.4. The number of nitrogens with one attached hydrogen (secondary N) is 1. The predicted molar refractivity (Wildman–Crippen MR) is 115 cm³/mol. The molecule has 7 nitrogen and oxygen atoms in total. The van der Waals surface area contributed by atoms with Crippen molar-refractivity contribution < 1.29 is 9.21 Å². The standard InChI is InChI=1S/C20H19N5O2S2/c1-11(2)17-24-25-20(27-17)23-16(26)10-28-18-14-9-15(13-7-5-4-6-8-13)29-19(14)22-12(3)21-18/h4-9,11H,10H2,1-3H3,(H,23,25,26). The molecular weight excluding hydrogens is 406 g/mol. The van der Waals surface area contributed by atoms with E-state index in [0.717, 1.165) is 25.7 Å². The molecule has 1 aromatic carbocycles. The van der Waals surface area contributed by atoms with Gasteiger partial charge in [-0.1, -0.05) is 61.0 Å². The highest BCUT2D eigenvalue weighted by Crippen LogP contribution is 2.36. The van der Waals surface area contributed by atoms with Gasteiger partial charge in [0.25, 0.3) is 0 Å². The SMILES string of the molecule is Cc1nc(SCC(=O)Nc2nnc(C(C)C)o2)c2cc(-c3ccccc3)sc2n1. The number of hydrogen-bond donors (Lipinski definition) is 1. The summed E-state index contributed by atoms with van der Waals surface area (Å²) in [5, 5.41) is 12.1. The van der Waals surface area contributed by atoms with E-state index in [9.17, 15) is 4.79 Å². The van der Waals surface area contributed by atoms with E-state index in [1.807, 2.05) is 39.0 Å². The zero-order valence-electron chi connectivity index (χ0n) is 16.2. The fraction of sp³-hybridized carbons (Fsp3) is 0.250. The summed E-state index contributed by atoms with van der Waals surface area (Å²) < 4.78 is 5.42. The summed E-state index contributed by atoms with van der Waals surface area (Å²) in [5.74, 6) is 1.24. The van der Waals surface area contributed by atoms with Crippen molar-refractivity contribution in [2.75, 3.05) is 11.1 Å². The predicted octanol–water partition coefficient (Wildman–Crippen LogP) is 4.90. The smallest absolute Gasteiger partial charge is 0.322 e. The van der Waals surface area contributed by atoms with Crippen LogP contribution in [-0.4, -0.2) is 31.8 Å². The van der Waals surface area contributed by atoms with Crippen LogP contribution >= 0.6 is 23.1 Å². The highest BCUT2D eigenvalue weighted by Gasteiger charge is 2.15. The highest BCUT2D eigenvalue weighted by molar-refractivity contribution is 8.00. The molecule has 0 radical (unpaired) electrons. The van der Waals surface area contributed by atoms with Gasteiger partial charge >= 0.3 is 6.01 Å². The zero-order chi connectivity index (χ0) is 20.4. The van der Waals surface area contributed by atoms with E-state index >= 15 is 0 Å². The molecule has 0 aliphatic rings. The number of carbonyl (C=O) groups is 1. The molecule has 0 bridgehead atoms. The van der Waals surface area contributed by atoms with Gasteiger partial charge in [-0.3, -0.25) is 10.1 Å². The summed E-state index contributed by atoms with van der Waals surface area (Å²) in [5.41, 5.74) is 1.14. The highest BCUT2D eigenvalue weighted by atomic mass is 32.2. The van der Waals surface area contributed by atoms with Gasteiger partial charge in [-0.2, -0.15) is 0 Å². The van der Waals surface area contributed by atoms with Crippen molar-refractivity contribution in [2.24, 2.45) is 0 Å². The second-order valence-electron chi connectivity index (χ2n) is 6.71. The van der Waals surface area contributed by atoms with Crippen molar-refractivity contribution in [1.29, 1.82) is 0 Å². The van der Waals surface area contributed by atoms with Gasteiger partial charge in [0.05, 0.1) is 5.75 Å². The van der Waals surface area contributed by atoms with Crippen molar-refractivity contribution in [3.05, 3.63) is 48.1 Å². The number of rotatable bonds is 6. The lowest BCUT2D eigenvalue weighted by atomic mass is 10.2. The molecule has 3 heterocycles. The van der Waals surface area contributed by atoms with Crippen LogP contribution < -0.4 is 5.32 Å². The van der Waals surface area contributed by atoms with Crippen LogP contribution in [0.25, 0.3) is 20.7 Å². The topological polar surface area (TPSA) is 93.8 Å². The Labute approximate surface area is 176 Å². The second-order valence-corrected chi connectivity index (χ2v) is 8.70. The van der Waals surface area contributed by atoms with Gasteiger partial charge in [0.2, 0.25) is 11.8 Å². The number of amides is 1. The van der Waals surface area contributed by atoms with Gasteiger partial charge in [-0.05, 0) is 18.6 Å². The molecule has 0 aliphatic carbocycles. The lowest BCUT2D eigenvalue weighted by Gasteiger charge is -2.03. The van der Waals surface area contributed by atoms with Gasteiger partial charge in [0.1, 0.15) is 15.7 Å². The first-order valence-electron chi connectivity index (χ1n) is 9.09. The number of aryl methyl sites for hydroxylation is 1. The third kappa shape index (κ3) is 4.46. The van der Waals surface area contributed by atoms with Gasteiger partial charge in [-0.25, -0.2) is 9.97 Å². The third-order valence-corrected chi connectivity index (χ3v) is 6.12. The van der Waals surface area contributed by atoms with Crippen molar-refractivity contribution in [1.82, 2.24) is 20.2 Å². The van der Waals surface area contributed by atoms with Crippen LogP contribution in [0.5, 0.6) is 0 Å². The molecule has 29 heavy (non-hydrogen) atoms. The Morgan fingerprint density at radius 3 is 2.72 bits per heavy atom. The average Bonchev–Trinajstić information content (AvgIpc) is 3.34. The number of nitrogens with zero attached hydrogens (tertiary/aromatic N) is 4. The molecule has 0 aliphatic heterocycles. The molecule has 0 atom stereocenters. The summed E-state index contributed by atoms with van der Waals surface area (Å²) in [6.45, 7) is 5.75. The Bertz CT molecular complexity index is 1150. The van der Waals surface area contributed by atoms with Gasteiger partial charge in [-0.15, -0.1) is 16.4 Å². The Balaban J connectivity index is 1.51. The van der Waals surface area contributed by atoms with Crippen LogP contribution in [0.15, 0.2) is 45.8 Å². The number of benzene rings is 1. The van der Waals surface area contributed by atoms with Gasteiger partial charge in [0, 0.05) is 16.2 Å². The Morgan fingerprint density at radius 2 is 2.00 bits per heavy atom. The van der Waals surface area contributed by atoms with E-state index in [1.165, 1.54) is 11.8 Å². The number of aromatic nitrogens is 4. The molecule has 1 N–H and O–H groups in total. The average molecular weight is 426 g/mol. The normalized spacial score (nSPS) is 11.3. The van der Waals surface area contributed by atoms with Crippen LogP contribution in [0, 0.1) is 6.92 Å². The van der Waals surface area contributed by atoms with E-state index in [4.69, 9.17) is 4.42 Å². The Kier molecular flexibility index (Phi) is 5.59. The molecule has 0 saturated heterocycles. The molecular formula is C20H19N5O2S2. The zero-order valence-corrected chi connectivity index (χ0v) is 17.8. The van der Waals surface area contributed by atoms with Gasteiger partial charge in [0.15, 0.2) is 0 Å². The van der Waals surface area contributed by atoms with Crippen LogP contribution in [0.4, 0.5) is 6.01 Å². The van der Waals surface area contributed by atoms with Crippen molar-refractivity contribution in [3.63, 3.8) is 0 Å². The van der Waals surface area contributed by atoms with Crippen molar-refractivity contribution in [3.8, 4) is 10.4 Å². The molecule has 0 unspecified atom stereocenters. The summed E-state index contributed by atoms with van der Waals surface area (Å²) in [6.07, 6.45) is 0. The molecule has 3 aromatic heterocycles. The van der Waals surface area contributed by atoms with E-state index in [-0.39, 0.29) is 23.6 Å². The van der Waals surface area contributed by atoms with Crippen LogP contribution in [0.1, 0.15) is 31.5 Å². The first-order valence-corrected chi connectivity index (χ1v) is 10.9. The number of thiophene rings is 1. The van der Waals surface area contributed by atoms with Gasteiger partial charge < -0.3 is 4.42 Å². The summed E-state index contributed by atoms with van der Waals surface area (Å²) in [7, 11) is 0. The lowest BCUT2D eigenvalue weighted by Crippen LogP contribution is -2.14. The second kappa shape index (κ2) is 8.30. The molecule has 4 aromatic rings. The minimum atomic E-state index is -0.225. The van der Waals surface area contributed by atoms with Crippen LogP contribution in [0.2, 0.25) is 0 Å². The largest absolute Gasteiger partial charge is 0.408 e. The van der Waals surface area contributed by atoms with Crippen LogP contribution in [0.3, 0.4) is 0 Å². The maximum Gasteiger partial charge on any atom is 0.322 e. The fourth-order valence-corrected chi connectivity index (χ4v) is 4.65. The number of thioether (sulfide) groups is 1. The van der Waals surface area contributed by atoms with Crippen molar-refractivity contribution >= 4 is 45.2 Å². The molecule has 0 fully saturated rings. The van der Waals surface area contributed by atoms with E-state index < -0.39 is 0 Å². The summed E-state index contributed by atoms with van der Waals surface area (Å²) >= 11 is 2.99. The van der Waals surface area contributed by atoms with Crippen LogP contribution in [-0.2, 0) is 4.79 Å². The third-order valence-electron chi connectivity index (χ3n) is 4.05. The van der Waals surface area contributed by atoms with E-state index in [2.05, 4.69) is 43.7 Å².